The number of nitrogens with zero attached hydrogens (tertiary/aromatic N) is 4. The molecule has 2 atom stereocenters. The van der Waals surface area contributed by atoms with E-state index in [0.717, 1.165) is 6.42 Å². The number of hydrogen-bond acceptors (Lipinski definition) is 7. The van der Waals surface area contributed by atoms with Crippen molar-refractivity contribution in [3.05, 3.63) is 52.5 Å². The fourth-order valence-corrected chi connectivity index (χ4v) is 6.88. The minimum absolute atomic E-state index is 0.00371. The van der Waals surface area contributed by atoms with Gasteiger partial charge in [-0.2, -0.15) is 4.31 Å². The van der Waals surface area contributed by atoms with E-state index in [0.29, 0.717) is 58.6 Å². The minimum atomic E-state index is -3.67. The lowest BCUT2D eigenvalue weighted by molar-refractivity contribution is -0.115. The van der Waals surface area contributed by atoms with E-state index in [4.69, 9.17) is 27.9 Å². The highest BCUT2D eigenvalue weighted by atomic mass is 35.5. The molecule has 0 bridgehead atoms. The van der Waals surface area contributed by atoms with Gasteiger partial charge in [-0.25, -0.2) is 8.42 Å². The Bertz CT molecular complexity index is 1390. The van der Waals surface area contributed by atoms with Gasteiger partial charge in [0.25, 0.3) is 0 Å². The summed E-state index contributed by atoms with van der Waals surface area (Å²) >= 11 is 13.4. The summed E-state index contributed by atoms with van der Waals surface area (Å²) in [5.74, 6) is 0.294. The average molecular weight is 599 g/mol. The van der Waals surface area contributed by atoms with Gasteiger partial charge in [-0.3, -0.25) is 9.36 Å². The molecular formula is C25H29Cl2N5O4S2. The third-order valence-electron chi connectivity index (χ3n) is 6.18. The van der Waals surface area contributed by atoms with Crippen LogP contribution < -0.4 is 5.32 Å². The Hall–Kier alpha value is -2.15. The molecule has 0 saturated carbocycles. The van der Waals surface area contributed by atoms with E-state index in [1.54, 1.807) is 43.3 Å². The molecular weight excluding hydrogens is 569 g/mol. The second-order valence-corrected chi connectivity index (χ2v) is 13.0. The lowest BCUT2D eigenvalue weighted by Crippen LogP contribution is -2.40. The molecule has 0 spiro atoms. The summed E-state index contributed by atoms with van der Waals surface area (Å²) < 4.78 is 35.1. The molecule has 0 aliphatic carbocycles. The molecule has 0 radical (unpaired) electrons. The third kappa shape index (κ3) is 6.52. The Morgan fingerprint density at radius 1 is 1.11 bits per heavy atom. The highest BCUT2D eigenvalue weighted by Gasteiger charge is 2.28. The first kappa shape index (κ1) is 28.8. The Morgan fingerprint density at radius 3 is 2.45 bits per heavy atom. The molecule has 2 aromatic carbocycles. The molecule has 0 unspecified atom stereocenters. The van der Waals surface area contributed by atoms with E-state index in [1.807, 2.05) is 24.5 Å². The van der Waals surface area contributed by atoms with Crippen molar-refractivity contribution in [2.75, 3.05) is 31.6 Å². The maximum atomic E-state index is 13.2. The molecule has 1 aliphatic rings. The molecule has 1 saturated heterocycles. The van der Waals surface area contributed by atoms with Crippen LogP contribution in [-0.2, 0) is 19.6 Å². The lowest BCUT2D eigenvalue weighted by atomic mass is 10.2. The summed E-state index contributed by atoms with van der Waals surface area (Å²) in [5, 5.41) is 12.5. The van der Waals surface area contributed by atoms with Crippen LogP contribution in [0.15, 0.2) is 52.5 Å². The van der Waals surface area contributed by atoms with Crippen LogP contribution in [0.5, 0.6) is 0 Å². The summed E-state index contributed by atoms with van der Waals surface area (Å²) in [6.45, 7) is 7.23. The van der Waals surface area contributed by atoms with Gasteiger partial charge in [-0.15, -0.1) is 10.2 Å². The molecule has 13 heteroatoms. The number of carbonyl (C=O) groups excluding carboxylic acids is 1. The number of aromatic nitrogens is 3. The number of morpholine rings is 1. The molecule has 1 amide bonds. The normalized spacial score (nSPS) is 16.2. The first-order valence-electron chi connectivity index (χ1n) is 12.2. The molecule has 3 aromatic rings. The van der Waals surface area contributed by atoms with E-state index < -0.39 is 15.3 Å². The number of sulfonamides is 1. The number of anilines is 1. The second kappa shape index (κ2) is 12.4. The third-order valence-corrected chi connectivity index (χ3v) is 9.57. The Morgan fingerprint density at radius 2 is 1.79 bits per heavy atom. The number of hydrogen-bond donors (Lipinski definition) is 1. The van der Waals surface area contributed by atoms with Crippen LogP contribution >= 0.6 is 35.0 Å². The van der Waals surface area contributed by atoms with Crippen molar-refractivity contribution in [2.24, 2.45) is 0 Å². The molecule has 4 rings (SSSR count). The zero-order valence-corrected chi connectivity index (χ0v) is 24.4. The monoisotopic (exact) mass is 597 g/mol. The quantitative estimate of drug-likeness (QED) is 0.331. The number of rotatable bonds is 9. The highest BCUT2D eigenvalue weighted by Crippen LogP contribution is 2.33. The van der Waals surface area contributed by atoms with Crippen molar-refractivity contribution >= 4 is 56.6 Å². The van der Waals surface area contributed by atoms with Crippen LogP contribution in [0.2, 0.25) is 10.0 Å². The molecule has 38 heavy (non-hydrogen) atoms. The first-order valence-corrected chi connectivity index (χ1v) is 15.2. The van der Waals surface area contributed by atoms with E-state index in [2.05, 4.69) is 15.5 Å². The maximum Gasteiger partial charge on any atom is 0.243 e. The van der Waals surface area contributed by atoms with Gasteiger partial charge in [-0.1, -0.05) is 54.0 Å². The summed E-state index contributed by atoms with van der Waals surface area (Å²) in [6.07, 6.45) is 0.784. The predicted octanol–water partition coefficient (Wildman–Crippen LogP) is 5.36. The summed E-state index contributed by atoms with van der Waals surface area (Å²) in [7, 11) is -3.67. The van der Waals surface area contributed by atoms with Crippen molar-refractivity contribution in [3.63, 3.8) is 0 Å². The minimum Gasteiger partial charge on any atom is -0.379 e. The lowest BCUT2D eigenvalue weighted by Gasteiger charge is -2.26. The Balaban J connectivity index is 1.60. The predicted molar refractivity (Wildman–Crippen MR) is 150 cm³/mol. The van der Waals surface area contributed by atoms with E-state index >= 15 is 0 Å². The van der Waals surface area contributed by atoms with Crippen molar-refractivity contribution < 1.29 is 17.9 Å². The van der Waals surface area contributed by atoms with Crippen LogP contribution in [0.3, 0.4) is 0 Å². The van der Waals surface area contributed by atoms with Crippen LogP contribution in [0.25, 0.3) is 11.4 Å². The van der Waals surface area contributed by atoms with Crippen molar-refractivity contribution in [1.29, 1.82) is 0 Å². The summed E-state index contributed by atoms with van der Waals surface area (Å²) in [4.78, 5) is 13.1. The van der Waals surface area contributed by atoms with Gasteiger partial charge in [-0.05, 0) is 50.6 Å². The van der Waals surface area contributed by atoms with Gasteiger partial charge in [0.1, 0.15) is 0 Å². The standard InChI is InChI=1S/C25H29Cl2N5O4S2/c1-4-16(2)32-23(18-6-5-7-22(12-18)38(34,35)31-8-10-36-11-9-31)29-30-25(32)37-17(3)24(33)28-21-14-19(26)13-20(27)15-21/h5-7,12-17H,4,8-11H2,1-3H3,(H,28,33)/t16-,17-/m0/s1. The molecule has 1 N–H and O–H groups in total. The van der Waals surface area contributed by atoms with Gasteiger partial charge < -0.3 is 10.1 Å². The number of ether oxygens (including phenoxy) is 1. The van der Waals surface area contributed by atoms with Gasteiger partial charge in [0.05, 0.1) is 23.4 Å². The van der Waals surface area contributed by atoms with E-state index in [9.17, 15) is 13.2 Å². The topological polar surface area (TPSA) is 106 Å². The van der Waals surface area contributed by atoms with Gasteiger partial charge >= 0.3 is 0 Å². The van der Waals surface area contributed by atoms with Gasteiger partial charge in [0.2, 0.25) is 15.9 Å². The summed E-state index contributed by atoms with van der Waals surface area (Å²) in [6, 6.07) is 11.6. The van der Waals surface area contributed by atoms with Crippen molar-refractivity contribution in [3.8, 4) is 11.4 Å². The van der Waals surface area contributed by atoms with Gasteiger partial charge in [0.15, 0.2) is 11.0 Å². The fourth-order valence-electron chi connectivity index (χ4n) is 3.95. The van der Waals surface area contributed by atoms with Crippen molar-refractivity contribution in [1.82, 2.24) is 19.1 Å². The number of amides is 1. The van der Waals surface area contributed by atoms with Crippen LogP contribution in [0, 0.1) is 0 Å². The SMILES string of the molecule is CC[C@H](C)n1c(S[C@@H](C)C(=O)Nc2cc(Cl)cc(Cl)c2)nnc1-c1cccc(S(=O)(=O)N2CCOCC2)c1. The second-order valence-electron chi connectivity index (χ2n) is 8.89. The van der Waals surface area contributed by atoms with Crippen LogP contribution in [-0.4, -0.2) is 64.9 Å². The maximum absolute atomic E-state index is 13.2. The number of nitrogens with one attached hydrogen (secondary N) is 1. The van der Waals surface area contributed by atoms with E-state index in [1.165, 1.54) is 16.1 Å². The molecule has 1 aromatic heterocycles. The van der Waals surface area contributed by atoms with Crippen LogP contribution in [0.1, 0.15) is 33.2 Å². The first-order chi connectivity index (χ1) is 18.1. The molecule has 1 fully saturated rings. The molecule has 9 nitrogen and oxygen atoms in total. The van der Waals surface area contributed by atoms with Gasteiger partial charge in [0, 0.05) is 40.4 Å². The Labute approximate surface area is 236 Å². The fraction of sp³-hybridized carbons (Fsp3) is 0.400. The van der Waals surface area contributed by atoms with Crippen LogP contribution in [0.4, 0.5) is 5.69 Å². The highest BCUT2D eigenvalue weighted by molar-refractivity contribution is 8.00. The van der Waals surface area contributed by atoms with E-state index in [-0.39, 0.29) is 16.8 Å². The number of thioether (sulfide) groups is 1. The molecule has 1 aliphatic heterocycles. The van der Waals surface area contributed by atoms with Crippen molar-refractivity contribution in [2.45, 2.75) is 48.5 Å². The molecule has 2 heterocycles. The number of benzene rings is 2. The largest absolute Gasteiger partial charge is 0.379 e. The number of carbonyl (C=O) groups is 1. The zero-order valence-electron chi connectivity index (χ0n) is 21.2. The zero-order chi connectivity index (χ0) is 27.4. The smallest absolute Gasteiger partial charge is 0.243 e. The Kier molecular flexibility index (Phi) is 9.38. The molecule has 204 valence electrons. The summed E-state index contributed by atoms with van der Waals surface area (Å²) in [5.41, 5.74) is 1.13. The number of halogens is 2. The average Bonchev–Trinajstić information content (AvgIpc) is 3.31.